The fourth-order valence-electron chi connectivity index (χ4n) is 4.05. The van der Waals surface area contributed by atoms with Gasteiger partial charge in [0.05, 0.1) is 22.7 Å². The lowest BCUT2D eigenvalue weighted by molar-refractivity contribution is 0.370. The zero-order valence-electron chi connectivity index (χ0n) is 15.8. The van der Waals surface area contributed by atoms with Gasteiger partial charge >= 0.3 is 0 Å². The third kappa shape index (κ3) is 3.18. The molecule has 28 heavy (non-hydrogen) atoms. The lowest BCUT2D eigenvalue weighted by Crippen LogP contribution is -2.35. The van der Waals surface area contributed by atoms with Gasteiger partial charge in [0.2, 0.25) is 5.95 Å². The molecule has 2 N–H and O–H groups in total. The summed E-state index contributed by atoms with van der Waals surface area (Å²) in [5, 5.41) is 11.5. The average Bonchev–Trinajstić information content (AvgIpc) is 3.17. The molecule has 142 valence electrons. The Morgan fingerprint density at radius 2 is 1.71 bits per heavy atom. The molecule has 0 spiro atoms. The van der Waals surface area contributed by atoms with Crippen LogP contribution in [0.1, 0.15) is 25.7 Å². The van der Waals surface area contributed by atoms with E-state index in [0.29, 0.717) is 18.0 Å². The van der Waals surface area contributed by atoms with Crippen molar-refractivity contribution >= 4 is 22.5 Å². The average molecular weight is 373 g/mol. The number of hydrogen-bond acceptors (Lipinski definition) is 6. The lowest BCUT2D eigenvalue weighted by Gasteiger charge is -2.28. The first-order valence-corrected chi connectivity index (χ1v) is 9.79. The number of benzene rings is 1. The second-order valence-corrected chi connectivity index (χ2v) is 7.38. The first-order valence-electron chi connectivity index (χ1n) is 9.79. The highest BCUT2D eigenvalue weighted by Gasteiger charge is 2.20. The van der Waals surface area contributed by atoms with Crippen LogP contribution in [0, 0.1) is 0 Å². The van der Waals surface area contributed by atoms with E-state index in [1.165, 1.54) is 12.8 Å². The number of anilines is 1. The summed E-state index contributed by atoms with van der Waals surface area (Å²) in [6.07, 6.45) is 12.0. The van der Waals surface area contributed by atoms with Crippen LogP contribution in [0.25, 0.3) is 27.7 Å². The van der Waals surface area contributed by atoms with Gasteiger partial charge in [-0.1, -0.05) is 6.07 Å². The first kappa shape index (κ1) is 17.1. The van der Waals surface area contributed by atoms with Crippen LogP contribution in [0.3, 0.4) is 0 Å². The summed E-state index contributed by atoms with van der Waals surface area (Å²) < 4.78 is 1.89. The van der Waals surface area contributed by atoms with E-state index in [1.807, 2.05) is 30.0 Å². The molecule has 1 fully saturated rings. The number of nitrogens with zero attached hydrogens (tertiary/aromatic N) is 5. The van der Waals surface area contributed by atoms with Crippen molar-refractivity contribution in [2.75, 3.05) is 12.4 Å². The van der Waals surface area contributed by atoms with Crippen LogP contribution in [0.2, 0.25) is 0 Å². The minimum atomic E-state index is 0.441. The molecule has 1 aliphatic rings. The Kier molecular flexibility index (Phi) is 4.37. The molecule has 1 aliphatic carbocycles. The molecule has 0 amide bonds. The molecule has 1 saturated carbocycles. The topological polar surface area (TPSA) is 80.0 Å². The maximum absolute atomic E-state index is 4.67. The number of nitrogens with one attached hydrogen (secondary N) is 2. The van der Waals surface area contributed by atoms with Gasteiger partial charge in [-0.05, 0) is 56.5 Å². The van der Waals surface area contributed by atoms with Crippen molar-refractivity contribution in [3.8, 4) is 11.1 Å². The molecule has 4 aromatic rings. The van der Waals surface area contributed by atoms with Gasteiger partial charge in [-0.3, -0.25) is 9.97 Å². The Balaban J connectivity index is 1.40. The Bertz CT molecular complexity index is 1110. The van der Waals surface area contributed by atoms with Crippen LogP contribution in [-0.4, -0.2) is 43.7 Å². The van der Waals surface area contributed by atoms with Crippen LogP contribution >= 0.6 is 0 Å². The summed E-state index contributed by atoms with van der Waals surface area (Å²) in [6, 6.07) is 9.28. The Morgan fingerprint density at radius 3 is 2.54 bits per heavy atom. The molecule has 3 aromatic heterocycles. The van der Waals surface area contributed by atoms with E-state index in [0.717, 1.165) is 40.5 Å². The quantitative estimate of drug-likeness (QED) is 0.571. The van der Waals surface area contributed by atoms with Crippen LogP contribution in [0.4, 0.5) is 5.95 Å². The second-order valence-electron chi connectivity index (χ2n) is 7.38. The Labute approximate surface area is 163 Å². The molecule has 0 bridgehead atoms. The Hall–Kier alpha value is -3.06. The predicted octanol–water partition coefficient (Wildman–Crippen LogP) is 3.28. The maximum atomic E-state index is 4.67. The highest BCUT2D eigenvalue weighted by atomic mass is 15.3. The SMILES string of the molecule is CN[C@H]1CC[C@H](Nc2ncc3c(-c4ccc5nccnc5c4)ccn3n2)CC1. The van der Waals surface area contributed by atoms with E-state index in [4.69, 9.17) is 0 Å². The minimum absolute atomic E-state index is 0.441. The van der Waals surface area contributed by atoms with Gasteiger partial charge in [-0.2, -0.15) is 0 Å². The van der Waals surface area contributed by atoms with E-state index >= 15 is 0 Å². The highest BCUT2D eigenvalue weighted by Crippen LogP contribution is 2.27. The largest absolute Gasteiger partial charge is 0.350 e. The van der Waals surface area contributed by atoms with Crippen LogP contribution < -0.4 is 10.6 Å². The van der Waals surface area contributed by atoms with E-state index in [-0.39, 0.29) is 0 Å². The van der Waals surface area contributed by atoms with Crippen molar-refractivity contribution in [3.63, 3.8) is 0 Å². The molecule has 0 saturated heterocycles. The number of fused-ring (bicyclic) bond motifs is 2. The molecule has 1 aromatic carbocycles. The molecule has 5 rings (SSSR count). The second kappa shape index (κ2) is 7.16. The van der Waals surface area contributed by atoms with E-state index < -0.39 is 0 Å². The molecule has 0 aliphatic heterocycles. The Morgan fingerprint density at radius 1 is 0.929 bits per heavy atom. The maximum Gasteiger partial charge on any atom is 0.241 e. The zero-order chi connectivity index (χ0) is 18.9. The summed E-state index contributed by atoms with van der Waals surface area (Å²) in [6.45, 7) is 0. The molecule has 0 atom stereocenters. The summed E-state index contributed by atoms with van der Waals surface area (Å²) in [4.78, 5) is 13.3. The summed E-state index contributed by atoms with van der Waals surface area (Å²) in [5.41, 5.74) is 4.94. The molecule has 7 nitrogen and oxygen atoms in total. The van der Waals surface area contributed by atoms with Gasteiger partial charge in [0.25, 0.3) is 0 Å². The van der Waals surface area contributed by atoms with Crippen molar-refractivity contribution in [1.82, 2.24) is 29.9 Å². The van der Waals surface area contributed by atoms with Gasteiger partial charge in [0, 0.05) is 36.2 Å². The van der Waals surface area contributed by atoms with Crippen molar-refractivity contribution in [1.29, 1.82) is 0 Å². The smallest absolute Gasteiger partial charge is 0.241 e. The van der Waals surface area contributed by atoms with Gasteiger partial charge in [0.1, 0.15) is 0 Å². The summed E-state index contributed by atoms with van der Waals surface area (Å²) in [5.74, 6) is 0.687. The van der Waals surface area contributed by atoms with E-state index in [9.17, 15) is 0 Å². The third-order valence-electron chi connectivity index (χ3n) is 5.67. The van der Waals surface area contributed by atoms with Gasteiger partial charge in [-0.25, -0.2) is 9.50 Å². The fraction of sp³-hybridized carbons (Fsp3) is 0.333. The molecule has 0 unspecified atom stereocenters. The minimum Gasteiger partial charge on any atom is -0.350 e. The van der Waals surface area contributed by atoms with Crippen molar-refractivity contribution < 1.29 is 0 Å². The highest BCUT2D eigenvalue weighted by molar-refractivity contribution is 5.86. The monoisotopic (exact) mass is 373 g/mol. The summed E-state index contributed by atoms with van der Waals surface area (Å²) >= 11 is 0. The number of aromatic nitrogens is 5. The molecule has 3 heterocycles. The normalized spacial score (nSPS) is 19.9. The van der Waals surface area contributed by atoms with Crippen molar-refractivity contribution in [2.45, 2.75) is 37.8 Å². The molecular weight excluding hydrogens is 350 g/mol. The van der Waals surface area contributed by atoms with Gasteiger partial charge in [0.15, 0.2) is 0 Å². The molecule has 7 heteroatoms. The molecule has 0 radical (unpaired) electrons. The zero-order valence-corrected chi connectivity index (χ0v) is 15.8. The lowest BCUT2D eigenvalue weighted by atomic mass is 9.91. The fourth-order valence-corrected chi connectivity index (χ4v) is 4.05. The number of hydrogen-bond donors (Lipinski definition) is 2. The standard InChI is InChI=1S/C21H23N7/c1-22-15-3-5-16(6-4-15)26-21-25-13-20-17(8-11-28(20)27-21)14-2-7-18-19(12-14)24-10-9-23-18/h2,7-13,15-16,22H,3-6H2,1H3,(H,26,27)/t15-,16-. The number of rotatable bonds is 4. The van der Waals surface area contributed by atoms with Crippen LogP contribution in [0.15, 0.2) is 49.1 Å². The van der Waals surface area contributed by atoms with Gasteiger partial charge in [-0.15, -0.1) is 5.10 Å². The third-order valence-corrected chi connectivity index (χ3v) is 5.67. The van der Waals surface area contributed by atoms with E-state index in [1.54, 1.807) is 12.4 Å². The van der Waals surface area contributed by atoms with Crippen molar-refractivity contribution in [3.05, 3.63) is 49.1 Å². The van der Waals surface area contributed by atoms with Crippen molar-refractivity contribution in [2.24, 2.45) is 0 Å². The molecular formula is C21H23N7. The van der Waals surface area contributed by atoms with Gasteiger partial charge < -0.3 is 10.6 Å². The predicted molar refractivity (Wildman–Crippen MR) is 110 cm³/mol. The first-order chi connectivity index (χ1) is 13.8. The summed E-state index contributed by atoms with van der Waals surface area (Å²) in [7, 11) is 2.04. The van der Waals surface area contributed by atoms with E-state index in [2.05, 4.69) is 48.9 Å². The van der Waals surface area contributed by atoms with Crippen LogP contribution in [-0.2, 0) is 0 Å². The van der Waals surface area contributed by atoms with Crippen LogP contribution in [0.5, 0.6) is 0 Å².